The van der Waals surface area contributed by atoms with E-state index in [1.165, 1.54) is 0 Å². The molecular formula is C13H18N4O. The molecule has 96 valence electrons. The maximum Gasteiger partial charge on any atom is 0.224 e. The molecule has 5 heteroatoms. The number of hydrogen-bond donors (Lipinski definition) is 2. The van der Waals surface area contributed by atoms with Gasteiger partial charge in [-0.15, -0.1) is 0 Å². The summed E-state index contributed by atoms with van der Waals surface area (Å²) in [6.07, 6.45) is 4.26. The summed E-state index contributed by atoms with van der Waals surface area (Å²) in [4.78, 5) is 8.50. The lowest BCUT2D eigenvalue weighted by Crippen LogP contribution is -2.19. The number of furan rings is 1. The standard InChI is InChI=1S/C13H18N4O/c1-3-14-13-15-7-6-12(17-13)16-10(2)9-11-5-4-8-18-11/h4-8,10H,3,9H2,1-2H3,(H2,14,15,16,17). The van der Waals surface area contributed by atoms with Gasteiger partial charge in [-0.2, -0.15) is 4.98 Å². The smallest absolute Gasteiger partial charge is 0.224 e. The molecule has 2 aromatic rings. The van der Waals surface area contributed by atoms with E-state index in [-0.39, 0.29) is 6.04 Å². The first-order valence-corrected chi connectivity index (χ1v) is 6.13. The van der Waals surface area contributed by atoms with Crippen LogP contribution in [0.4, 0.5) is 11.8 Å². The third-order valence-corrected chi connectivity index (χ3v) is 2.47. The lowest BCUT2D eigenvalue weighted by atomic mass is 10.2. The molecule has 1 atom stereocenters. The van der Waals surface area contributed by atoms with Crippen LogP contribution in [0.2, 0.25) is 0 Å². The first-order valence-electron chi connectivity index (χ1n) is 6.13. The molecule has 0 aromatic carbocycles. The third kappa shape index (κ3) is 3.48. The number of hydrogen-bond acceptors (Lipinski definition) is 5. The van der Waals surface area contributed by atoms with Crippen molar-refractivity contribution in [1.29, 1.82) is 0 Å². The van der Waals surface area contributed by atoms with Gasteiger partial charge in [0.2, 0.25) is 5.95 Å². The molecule has 0 aliphatic heterocycles. The SMILES string of the molecule is CCNc1nccc(NC(C)Cc2ccco2)n1. The summed E-state index contributed by atoms with van der Waals surface area (Å²) in [5.41, 5.74) is 0. The van der Waals surface area contributed by atoms with Crippen LogP contribution in [0.3, 0.4) is 0 Å². The third-order valence-electron chi connectivity index (χ3n) is 2.47. The first-order chi connectivity index (χ1) is 8.78. The Hall–Kier alpha value is -2.04. The van der Waals surface area contributed by atoms with E-state index < -0.39 is 0 Å². The Morgan fingerprint density at radius 3 is 3.00 bits per heavy atom. The molecule has 2 rings (SSSR count). The van der Waals surface area contributed by atoms with Crippen LogP contribution < -0.4 is 10.6 Å². The molecule has 0 spiro atoms. The van der Waals surface area contributed by atoms with Crippen molar-refractivity contribution >= 4 is 11.8 Å². The maximum absolute atomic E-state index is 5.32. The van der Waals surface area contributed by atoms with Crippen molar-refractivity contribution in [2.24, 2.45) is 0 Å². The number of nitrogens with zero attached hydrogens (tertiary/aromatic N) is 2. The number of rotatable bonds is 6. The number of anilines is 2. The Morgan fingerprint density at radius 2 is 2.28 bits per heavy atom. The summed E-state index contributed by atoms with van der Waals surface area (Å²) < 4.78 is 5.32. The molecule has 5 nitrogen and oxygen atoms in total. The van der Waals surface area contributed by atoms with Gasteiger partial charge < -0.3 is 15.1 Å². The summed E-state index contributed by atoms with van der Waals surface area (Å²) in [7, 11) is 0. The van der Waals surface area contributed by atoms with Crippen molar-refractivity contribution in [1.82, 2.24) is 9.97 Å². The van der Waals surface area contributed by atoms with Crippen LogP contribution in [0.15, 0.2) is 35.1 Å². The van der Waals surface area contributed by atoms with Crippen molar-refractivity contribution in [3.05, 3.63) is 36.4 Å². The van der Waals surface area contributed by atoms with Crippen molar-refractivity contribution < 1.29 is 4.42 Å². The minimum Gasteiger partial charge on any atom is -0.469 e. The van der Waals surface area contributed by atoms with Gasteiger partial charge in [0, 0.05) is 25.2 Å². The van der Waals surface area contributed by atoms with Gasteiger partial charge in [-0.05, 0) is 32.0 Å². The fraction of sp³-hybridized carbons (Fsp3) is 0.385. The predicted molar refractivity (Wildman–Crippen MR) is 71.7 cm³/mol. The van der Waals surface area contributed by atoms with Crippen LogP contribution in [-0.2, 0) is 6.42 Å². The molecule has 0 radical (unpaired) electrons. The molecule has 2 aromatic heterocycles. The van der Waals surface area contributed by atoms with Gasteiger partial charge in [-0.25, -0.2) is 4.98 Å². The summed E-state index contributed by atoms with van der Waals surface area (Å²) in [5.74, 6) is 2.43. The summed E-state index contributed by atoms with van der Waals surface area (Å²) in [5, 5.41) is 6.41. The molecule has 0 aliphatic carbocycles. The zero-order chi connectivity index (χ0) is 12.8. The molecule has 2 heterocycles. The zero-order valence-corrected chi connectivity index (χ0v) is 10.7. The van der Waals surface area contributed by atoms with Gasteiger partial charge in [0.15, 0.2) is 0 Å². The van der Waals surface area contributed by atoms with Crippen LogP contribution in [0.5, 0.6) is 0 Å². The van der Waals surface area contributed by atoms with E-state index in [0.717, 1.165) is 24.5 Å². The van der Waals surface area contributed by atoms with E-state index >= 15 is 0 Å². The van der Waals surface area contributed by atoms with Gasteiger partial charge in [0.05, 0.1) is 6.26 Å². The topological polar surface area (TPSA) is 63.0 Å². The molecule has 0 saturated heterocycles. The predicted octanol–water partition coefficient (Wildman–Crippen LogP) is 2.54. The van der Waals surface area contributed by atoms with Gasteiger partial charge in [-0.1, -0.05) is 0 Å². The fourth-order valence-corrected chi connectivity index (χ4v) is 1.72. The Morgan fingerprint density at radius 1 is 1.39 bits per heavy atom. The minimum absolute atomic E-state index is 0.250. The quantitative estimate of drug-likeness (QED) is 0.820. The van der Waals surface area contributed by atoms with Gasteiger partial charge in [-0.3, -0.25) is 0 Å². The highest BCUT2D eigenvalue weighted by molar-refractivity contribution is 5.40. The lowest BCUT2D eigenvalue weighted by Gasteiger charge is -2.13. The Kier molecular flexibility index (Phi) is 4.17. The fourth-order valence-electron chi connectivity index (χ4n) is 1.72. The monoisotopic (exact) mass is 246 g/mol. The molecule has 0 saturated carbocycles. The molecule has 2 N–H and O–H groups in total. The van der Waals surface area contributed by atoms with Gasteiger partial charge in [0.25, 0.3) is 0 Å². The van der Waals surface area contributed by atoms with E-state index in [0.29, 0.717) is 5.95 Å². The van der Waals surface area contributed by atoms with Crippen LogP contribution in [-0.4, -0.2) is 22.6 Å². The van der Waals surface area contributed by atoms with Crippen LogP contribution in [0.25, 0.3) is 0 Å². The zero-order valence-electron chi connectivity index (χ0n) is 10.7. The van der Waals surface area contributed by atoms with Gasteiger partial charge >= 0.3 is 0 Å². The van der Waals surface area contributed by atoms with Crippen molar-refractivity contribution in [2.45, 2.75) is 26.3 Å². The molecule has 0 amide bonds. The van der Waals surface area contributed by atoms with Crippen molar-refractivity contribution in [2.75, 3.05) is 17.2 Å². The molecule has 0 aliphatic rings. The summed E-state index contributed by atoms with van der Waals surface area (Å²) >= 11 is 0. The summed E-state index contributed by atoms with van der Waals surface area (Å²) in [6.45, 7) is 4.92. The van der Waals surface area contributed by atoms with E-state index in [9.17, 15) is 0 Å². The second-order valence-electron chi connectivity index (χ2n) is 4.12. The number of aromatic nitrogens is 2. The Labute approximate surface area is 107 Å². The van der Waals surface area contributed by atoms with Crippen LogP contribution >= 0.6 is 0 Å². The van der Waals surface area contributed by atoms with Crippen molar-refractivity contribution in [3.8, 4) is 0 Å². The largest absolute Gasteiger partial charge is 0.469 e. The average Bonchev–Trinajstić information content (AvgIpc) is 2.82. The summed E-state index contributed by atoms with van der Waals surface area (Å²) in [6, 6.07) is 5.98. The van der Waals surface area contributed by atoms with Gasteiger partial charge in [0.1, 0.15) is 11.6 Å². The van der Waals surface area contributed by atoms with E-state index in [2.05, 4.69) is 27.5 Å². The van der Waals surface area contributed by atoms with Crippen LogP contribution in [0.1, 0.15) is 19.6 Å². The van der Waals surface area contributed by atoms with Crippen molar-refractivity contribution in [3.63, 3.8) is 0 Å². The Bertz CT molecular complexity index is 470. The Balaban J connectivity index is 1.93. The van der Waals surface area contributed by atoms with Crippen LogP contribution in [0, 0.1) is 0 Å². The first kappa shape index (κ1) is 12.4. The lowest BCUT2D eigenvalue weighted by molar-refractivity contribution is 0.497. The van der Waals surface area contributed by atoms with E-state index in [1.807, 2.05) is 25.1 Å². The molecular weight excluding hydrogens is 228 g/mol. The molecule has 0 bridgehead atoms. The molecule has 0 fully saturated rings. The normalized spacial score (nSPS) is 12.1. The minimum atomic E-state index is 0.250. The maximum atomic E-state index is 5.32. The second kappa shape index (κ2) is 6.05. The van der Waals surface area contributed by atoms with E-state index in [1.54, 1.807) is 12.5 Å². The number of nitrogens with one attached hydrogen (secondary N) is 2. The average molecular weight is 246 g/mol. The highest BCUT2D eigenvalue weighted by Crippen LogP contribution is 2.10. The molecule has 1 unspecified atom stereocenters. The second-order valence-corrected chi connectivity index (χ2v) is 4.12. The highest BCUT2D eigenvalue weighted by Gasteiger charge is 2.06. The molecule has 18 heavy (non-hydrogen) atoms. The highest BCUT2D eigenvalue weighted by atomic mass is 16.3. The van der Waals surface area contributed by atoms with E-state index in [4.69, 9.17) is 4.42 Å².